The van der Waals surface area contributed by atoms with Gasteiger partial charge in [0.2, 0.25) is 0 Å². The van der Waals surface area contributed by atoms with Gasteiger partial charge >= 0.3 is 0 Å². The molecule has 10 nitrogen and oxygen atoms in total. The summed E-state index contributed by atoms with van der Waals surface area (Å²) in [5.41, 5.74) is 1.64. The van der Waals surface area contributed by atoms with Gasteiger partial charge in [-0.2, -0.15) is 10.2 Å². The number of fused-ring (bicyclic) bond motifs is 1. The monoisotopic (exact) mass is 412 g/mol. The van der Waals surface area contributed by atoms with Gasteiger partial charge in [-0.05, 0) is 37.8 Å². The van der Waals surface area contributed by atoms with E-state index in [0.29, 0.717) is 16.8 Å². The van der Waals surface area contributed by atoms with Crippen molar-refractivity contribution >= 4 is 23.0 Å². The van der Waals surface area contributed by atoms with E-state index in [0.717, 1.165) is 25.7 Å². The summed E-state index contributed by atoms with van der Waals surface area (Å²) in [6, 6.07) is 5.51. The highest BCUT2D eigenvalue weighted by molar-refractivity contribution is 6.11. The molecular weight excluding hydrogens is 388 g/mol. The van der Waals surface area contributed by atoms with Crippen LogP contribution in [0.15, 0.2) is 36.8 Å². The van der Waals surface area contributed by atoms with E-state index in [1.807, 2.05) is 12.1 Å². The van der Waals surface area contributed by atoms with Crippen LogP contribution in [0.1, 0.15) is 46.5 Å². The SMILES string of the molecule is COCOC1CCC(NC(=O)c2[nH]ncc2NC(=O)c2cnn3ccccc23)CC1. The van der Waals surface area contributed by atoms with Crippen LogP contribution in [0.4, 0.5) is 5.69 Å². The lowest BCUT2D eigenvalue weighted by molar-refractivity contribution is -0.0837. The molecule has 1 aliphatic carbocycles. The first-order chi connectivity index (χ1) is 14.7. The summed E-state index contributed by atoms with van der Waals surface area (Å²) >= 11 is 0. The molecule has 0 unspecified atom stereocenters. The van der Waals surface area contributed by atoms with Crippen LogP contribution in [0.3, 0.4) is 0 Å². The second-order valence-electron chi connectivity index (χ2n) is 7.22. The standard InChI is InChI=1S/C20H24N6O4/c1-29-12-30-14-7-5-13(6-8-14)23-20(28)18-16(11-21-25-18)24-19(27)15-10-22-26-9-3-2-4-17(15)26/h2-4,9-11,13-14H,5-8,12H2,1H3,(H,21,25)(H,23,28)(H,24,27). The Morgan fingerprint density at radius 3 is 2.83 bits per heavy atom. The number of ether oxygens (including phenoxy) is 2. The number of amides is 2. The normalized spacial score (nSPS) is 19.0. The largest absolute Gasteiger partial charge is 0.359 e. The van der Waals surface area contributed by atoms with Crippen LogP contribution in [0.5, 0.6) is 0 Å². The van der Waals surface area contributed by atoms with Gasteiger partial charge in [-0.1, -0.05) is 6.07 Å². The van der Waals surface area contributed by atoms with Gasteiger partial charge in [-0.15, -0.1) is 0 Å². The molecule has 3 N–H and O–H groups in total. The van der Waals surface area contributed by atoms with Crippen molar-refractivity contribution in [3.8, 4) is 0 Å². The van der Waals surface area contributed by atoms with Crippen molar-refractivity contribution in [1.82, 2.24) is 25.1 Å². The van der Waals surface area contributed by atoms with E-state index in [9.17, 15) is 9.59 Å². The van der Waals surface area contributed by atoms with Gasteiger partial charge in [0.15, 0.2) is 0 Å². The maximum atomic E-state index is 12.7. The third-order valence-electron chi connectivity index (χ3n) is 5.22. The third kappa shape index (κ3) is 4.34. The maximum Gasteiger partial charge on any atom is 0.271 e. The van der Waals surface area contributed by atoms with Gasteiger partial charge in [0.05, 0.1) is 35.3 Å². The highest BCUT2D eigenvalue weighted by Crippen LogP contribution is 2.22. The molecule has 0 saturated heterocycles. The number of methoxy groups -OCH3 is 1. The fourth-order valence-corrected chi connectivity index (χ4v) is 3.65. The maximum absolute atomic E-state index is 12.7. The molecule has 0 bridgehead atoms. The van der Waals surface area contributed by atoms with Crippen molar-refractivity contribution in [2.24, 2.45) is 0 Å². The number of carbonyl (C=O) groups is 2. The molecule has 1 fully saturated rings. The van der Waals surface area contributed by atoms with E-state index in [1.54, 1.807) is 23.9 Å². The number of aromatic amines is 1. The van der Waals surface area contributed by atoms with Crippen molar-refractivity contribution < 1.29 is 19.1 Å². The van der Waals surface area contributed by atoms with Crippen LogP contribution < -0.4 is 10.6 Å². The number of carbonyl (C=O) groups excluding carboxylic acids is 2. The van der Waals surface area contributed by atoms with Gasteiger partial charge in [-0.3, -0.25) is 14.7 Å². The second-order valence-corrected chi connectivity index (χ2v) is 7.22. The Labute approximate surface area is 172 Å². The molecule has 1 saturated carbocycles. The fraction of sp³-hybridized carbons (Fsp3) is 0.400. The summed E-state index contributed by atoms with van der Waals surface area (Å²) in [5, 5.41) is 16.5. The molecule has 2 amide bonds. The quantitative estimate of drug-likeness (QED) is 0.510. The first-order valence-corrected chi connectivity index (χ1v) is 9.84. The van der Waals surface area contributed by atoms with E-state index in [2.05, 4.69) is 25.9 Å². The summed E-state index contributed by atoms with van der Waals surface area (Å²) in [4.78, 5) is 25.4. The van der Waals surface area contributed by atoms with E-state index in [4.69, 9.17) is 9.47 Å². The zero-order valence-electron chi connectivity index (χ0n) is 16.6. The molecule has 3 heterocycles. The van der Waals surface area contributed by atoms with Crippen LogP contribution >= 0.6 is 0 Å². The zero-order valence-corrected chi connectivity index (χ0v) is 16.6. The molecule has 4 rings (SSSR count). The minimum Gasteiger partial charge on any atom is -0.359 e. The number of nitrogens with one attached hydrogen (secondary N) is 3. The molecule has 3 aromatic rings. The number of nitrogens with zero attached hydrogens (tertiary/aromatic N) is 3. The number of hydrogen-bond donors (Lipinski definition) is 3. The minimum absolute atomic E-state index is 0.0476. The Morgan fingerprint density at radius 2 is 2.03 bits per heavy atom. The highest BCUT2D eigenvalue weighted by atomic mass is 16.7. The van der Waals surface area contributed by atoms with Crippen molar-refractivity contribution in [1.29, 1.82) is 0 Å². The smallest absolute Gasteiger partial charge is 0.271 e. The van der Waals surface area contributed by atoms with E-state index < -0.39 is 0 Å². The summed E-state index contributed by atoms with van der Waals surface area (Å²) in [6.07, 6.45) is 8.19. The van der Waals surface area contributed by atoms with Crippen LogP contribution in [-0.2, 0) is 9.47 Å². The molecule has 0 spiro atoms. The molecule has 0 radical (unpaired) electrons. The molecule has 0 aliphatic heterocycles. The van der Waals surface area contributed by atoms with Crippen LogP contribution in [0.2, 0.25) is 0 Å². The second kappa shape index (κ2) is 9.06. The van der Waals surface area contributed by atoms with Gasteiger partial charge < -0.3 is 20.1 Å². The van der Waals surface area contributed by atoms with Crippen LogP contribution in [-0.4, -0.2) is 57.7 Å². The summed E-state index contributed by atoms with van der Waals surface area (Å²) < 4.78 is 12.1. The average Bonchev–Trinajstić information content (AvgIpc) is 3.40. The molecule has 0 aromatic carbocycles. The van der Waals surface area contributed by atoms with Crippen molar-refractivity contribution in [2.75, 3.05) is 19.2 Å². The number of hydrogen-bond acceptors (Lipinski definition) is 6. The Balaban J connectivity index is 1.37. The molecule has 1 aliphatic rings. The Kier molecular flexibility index (Phi) is 6.05. The van der Waals surface area contributed by atoms with Gasteiger partial charge in [0, 0.05) is 19.3 Å². The predicted molar refractivity (Wildman–Crippen MR) is 108 cm³/mol. The van der Waals surface area contributed by atoms with Crippen LogP contribution in [0, 0.1) is 0 Å². The third-order valence-corrected chi connectivity index (χ3v) is 5.22. The lowest BCUT2D eigenvalue weighted by Crippen LogP contribution is -2.39. The lowest BCUT2D eigenvalue weighted by atomic mass is 9.93. The Bertz CT molecular complexity index is 1020. The topological polar surface area (TPSA) is 123 Å². The molecule has 10 heteroatoms. The first-order valence-electron chi connectivity index (χ1n) is 9.84. The lowest BCUT2D eigenvalue weighted by Gasteiger charge is -2.28. The zero-order chi connectivity index (χ0) is 20.9. The molecular formula is C20H24N6O4. The first kappa shape index (κ1) is 20.0. The molecule has 158 valence electrons. The van der Waals surface area contributed by atoms with Gasteiger partial charge in [-0.25, -0.2) is 4.52 Å². The Hall–Kier alpha value is -3.24. The number of rotatable bonds is 7. The number of pyridine rings is 1. The predicted octanol–water partition coefficient (Wildman–Crippen LogP) is 1.97. The number of anilines is 1. The van der Waals surface area contributed by atoms with Crippen molar-refractivity contribution in [3.05, 3.63) is 48.0 Å². The number of H-pyrrole nitrogens is 1. The van der Waals surface area contributed by atoms with E-state index in [1.165, 1.54) is 12.4 Å². The number of aromatic nitrogens is 4. The van der Waals surface area contributed by atoms with E-state index >= 15 is 0 Å². The Morgan fingerprint density at radius 1 is 1.20 bits per heavy atom. The van der Waals surface area contributed by atoms with E-state index in [-0.39, 0.29) is 36.4 Å². The van der Waals surface area contributed by atoms with Gasteiger partial charge in [0.25, 0.3) is 11.8 Å². The molecule has 0 atom stereocenters. The average molecular weight is 412 g/mol. The van der Waals surface area contributed by atoms with Gasteiger partial charge in [0.1, 0.15) is 12.5 Å². The summed E-state index contributed by atoms with van der Waals surface area (Å²) in [5.74, 6) is -0.661. The summed E-state index contributed by atoms with van der Waals surface area (Å²) in [7, 11) is 1.60. The molecule has 30 heavy (non-hydrogen) atoms. The molecule has 3 aromatic heterocycles. The summed E-state index contributed by atoms with van der Waals surface area (Å²) in [6.45, 7) is 0.283. The van der Waals surface area contributed by atoms with Crippen molar-refractivity contribution in [3.63, 3.8) is 0 Å². The van der Waals surface area contributed by atoms with Crippen molar-refractivity contribution in [2.45, 2.75) is 37.8 Å². The highest BCUT2D eigenvalue weighted by Gasteiger charge is 2.25. The van der Waals surface area contributed by atoms with Crippen LogP contribution in [0.25, 0.3) is 5.52 Å². The fourth-order valence-electron chi connectivity index (χ4n) is 3.65. The minimum atomic E-state index is -0.359.